The van der Waals surface area contributed by atoms with Crippen molar-refractivity contribution in [3.8, 4) is 11.8 Å². The molecule has 5 heteroatoms. The first-order valence-electron chi connectivity index (χ1n) is 6.87. The Hall–Kier alpha value is -2.58. The van der Waals surface area contributed by atoms with E-state index >= 15 is 0 Å². The van der Waals surface area contributed by atoms with Crippen molar-refractivity contribution in [2.24, 2.45) is 0 Å². The lowest BCUT2D eigenvalue weighted by Gasteiger charge is -2.07. The molecular weight excluding hydrogens is 356 g/mol. The lowest BCUT2D eigenvalue weighted by atomic mass is 10.1. The number of nitriles is 1. The summed E-state index contributed by atoms with van der Waals surface area (Å²) >= 11 is 3.37. The smallest absolute Gasteiger partial charge is 0.266 e. The molecule has 0 unspecified atom stereocenters. The molecule has 0 heterocycles. The van der Waals surface area contributed by atoms with Crippen molar-refractivity contribution < 1.29 is 9.53 Å². The number of anilines is 1. The van der Waals surface area contributed by atoms with Gasteiger partial charge in [0.15, 0.2) is 0 Å². The zero-order chi connectivity index (χ0) is 16.8. The fraction of sp³-hybridized carbons (Fsp3) is 0.111. The van der Waals surface area contributed by atoms with Crippen LogP contribution in [0.5, 0.6) is 5.75 Å². The van der Waals surface area contributed by atoms with Gasteiger partial charge >= 0.3 is 0 Å². The standard InChI is InChI=1S/C18H15BrN2O2/c1-12-3-6-16(7-4-12)21-18(22)14(11-20)9-13-10-15(19)5-8-17(13)23-2/h3-10H,1-2H3,(H,21,22)/b14-9-. The highest BCUT2D eigenvalue weighted by atomic mass is 79.9. The van der Waals surface area contributed by atoms with Gasteiger partial charge in [0, 0.05) is 15.7 Å². The maximum absolute atomic E-state index is 12.3. The first kappa shape index (κ1) is 16.8. The zero-order valence-corrected chi connectivity index (χ0v) is 14.3. The Morgan fingerprint density at radius 2 is 1.96 bits per heavy atom. The Balaban J connectivity index is 2.28. The Morgan fingerprint density at radius 1 is 1.26 bits per heavy atom. The number of benzene rings is 2. The van der Waals surface area contributed by atoms with Gasteiger partial charge in [0.05, 0.1) is 7.11 Å². The van der Waals surface area contributed by atoms with Crippen LogP contribution in [0.25, 0.3) is 6.08 Å². The molecule has 1 amide bonds. The van der Waals surface area contributed by atoms with Gasteiger partial charge in [-0.05, 0) is 43.3 Å². The number of halogens is 1. The molecule has 0 saturated carbocycles. The fourth-order valence-corrected chi connectivity index (χ4v) is 2.34. The summed E-state index contributed by atoms with van der Waals surface area (Å²) in [5.74, 6) is 0.127. The molecule has 116 valence electrons. The molecule has 0 aliphatic heterocycles. The number of ether oxygens (including phenoxy) is 1. The van der Waals surface area contributed by atoms with E-state index in [-0.39, 0.29) is 5.57 Å². The lowest BCUT2D eigenvalue weighted by Crippen LogP contribution is -2.13. The first-order valence-corrected chi connectivity index (χ1v) is 7.66. The number of nitrogens with one attached hydrogen (secondary N) is 1. The maximum atomic E-state index is 12.3. The summed E-state index contributed by atoms with van der Waals surface area (Å²) in [5.41, 5.74) is 2.39. The van der Waals surface area contributed by atoms with Crippen molar-refractivity contribution in [1.82, 2.24) is 0 Å². The number of amides is 1. The van der Waals surface area contributed by atoms with Crippen LogP contribution in [0.2, 0.25) is 0 Å². The second kappa shape index (κ2) is 7.61. The van der Waals surface area contributed by atoms with Crippen LogP contribution >= 0.6 is 15.9 Å². The van der Waals surface area contributed by atoms with Crippen LogP contribution in [0.15, 0.2) is 52.5 Å². The minimum Gasteiger partial charge on any atom is -0.496 e. The fourth-order valence-electron chi connectivity index (χ4n) is 1.96. The molecule has 0 saturated heterocycles. The molecule has 0 bridgehead atoms. The van der Waals surface area contributed by atoms with E-state index in [1.165, 1.54) is 6.08 Å². The zero-order valence-electron chi connectivity index (χ0n) is 12.8. The van der Waals surface area contributed by atoms with Crippen molar-refractivity contribution >= 4 is 33.6 Å². The molecule has 0 aromatic heterocycles. The molecule has 0 radical (unpaired) electrons. The molecular formula is C18H15BrN2O2. The summed E-state index contributed by atoms with van der Waals surface area (Å²) in [6, 6.07) is 14.7. The van der Waals surface area contributed by atoms with Crippen molar-refractivity contribution in [2.45, 2.75) is 6.92 Å². The molecule has 0 aliphatic rings. The normalized spacial score (nSPS) is 10.8. The van der Waals surface area contributed by atoms with Gasteiger partial charge in [-0.3, -0.25) is 4.79 Å². The van der Waals surface area contributed by atoms with E-state index in [2.05, 4.69) is 21.2 Å². The van der Waals surface area contributed by atoms with E-state index in [1.54, 1.807) is 31.4 Å². The minimum absolute atomic E-state index is 0.00183. The number of carbonyl (C=O) groups excluding carboxylic acids is 1. The molecule has 4 nitrogen and oxygen atoms in total. The monoisotopic (exact) mass is 370 g/mol. The number of hydrogen-bond acceptors (Lipinski definition) is 3. The summed E-state index contributed by atoms with van der Waals surface area (Å²) in [6.07, 6.45) is 1.51. The molecule has 2 aromatic rings. The van der Waals surface area contributed by atoms with Crippen molar-refractivity contribution in [3.63, 3.8) is 0 Å². The summed E-state index contributed by atoms with van der Waals surface area (Å²) in [4.78, 5) is 12.3. The molecule has 23 heavy (non-hydrogen) atoms. The van der Waals surface area contributed by atoms with Crippen LogP contribution in [-0.2, 0) is 4.79 Å². The second-order valence-electron chi connectivity index (χ2n) is 4.88. The number of nitrogens with zero attached hydrogens (tertiary/aromatic N) is 1. The predicted molar refractivity (Wildman–Crippen MR) is 94.1 cm³/mol. The Kier molecular flexibility index (Phi) is 5.56. The molecule has 0 spiro atoms. The third-order valence-corrected chi connectivity index (χ3v) is 3.66. The molecule has 0 atom stereocenters. The van der Waals surface area contributed by atoms with E-state index < -0.39 is 5.91 Å². The lowest BCUT2D eigenvalue weighted by molar-refractivity contribution is -0.112. The third kappa shape index (κ3) is 4.44. The molecule has 2 aromatic carbocycles. The van der Waals surface area contributed by atoms with E-state index in [0.717, 1.165) is 10.0 Å². The van der Waals surface area contributed by atoms with Gasteiger partial charge < -0.3 is 10.1 Å². The van der Waals surface area contributed by atoms with E-state index in [0.29, 0.717) is 17.0 Å². The van der Waals surface area contributed by atoms with Crippen LogP contribution < -0.4 is 10.1 Å². The van der Waals surface area contributed by atoms with E-state index in [4.69, 9.17) is 4.74 Å². The number of methoxy groups -OCH3 is 1. The van der Waals surface area contributed by atoms with Gasteiger partial charge in [-0.25, -0.2) is 0 Å². The van der Waals surface area contributed by atoms with Crippen LogP contribution in [0, 0.1) is 18.3 Å². The molecule has 0 fully saturated rings. The highest BCUT2D eigenvalue weighted by Crippen LogP contribution is 2.25. The SMILES string of the molecule is COc1ccc(Br)cc1/C=C(/C#N)C(=O)Nc1ccc(C)cc1. The first-order chi connectivity index (χ1) is 11.0. The maximum Gasteiger partial charge on any atom is 0.266 e. The molecule has 0 aliphatic carbocycles. The number of rotatable bonds is 4. The van der Waals surface area contributed by atoms with Gasteiger partial charge in [-0.2, -0.15) is 5.26 Å². The summed E-state index contributed by atoms with van der Waals surface area (Å²) in [5, 5.41) is 12.0. The highest BCUT2D eigenvalue weighted by Gasteiger charge is 2.11. The minimum atomic E-state index is -0.460. The van der Waals surface area contributed by atoms with Crippen molar-refractivity contribution in [3.05, 3.63) is 63.6 Å². The predicted octanol–water partition coefficient (Wildman–Crippen LogP) is 4.31. The van der Waals surface area contributed by atoms with Gasteiger partial charge in [-0.15, -0.1) is 0 Å². The topological polar surface area (TPSA) is 62.1 Å². The van der Waals surface area contributed by atoms with Gasteiger partial charge in [0.2, 0.25) is 0 Å². The molecule has 1 N–H and O–H groups in total. The van der Waals surface area contributed by atoms with E-state index in [9.17, 15) is 10.1 Å². The molecule has 2 rings (SSSR count). The van der Waals surface area contributed by atoms with Crippen molar-refractivity contribution in [1.29, 1.82) is 5.26 Å². The number of aryl methyl sites for hydroxylation is 1. The van der Waals surface area contributed by atoms with Gasteiger partial charge in [-0.1, -0.05) is 33.6 Å². The van der Waals surface area contributed by atoms with E-state index in [1.807, 2.05) is 31.2 Å². The summed E-state index contributed by atoms with van der Waals surface area (Å²) in [6.45, 7) is 1.96. The van der Waals surface area contributed by atoms with Gasteiger partial charge in [0.25, 0.3) is 5.91 Å². The van der Waals surface area contributed by atoms with Gasteiger partial charge in [0.1, 0.15) is 17.4 Å². The number of hydrogen-bond donors (Lipinski definition) is 1. The largest absolute Gasteiger partial charge is 0.496 e. The van der Waals surface area contributed by atoms with Crippen LogP contribution in [0.1, 0.15) is 11.1 Å². The quantitative estimate of drug-likeness (QED) is 0.644. The van der Waals surface area contributed by atoms with Crippen molar-refractivity contribution in [2.75, 3.05) is 12.4 Å². The summed E-state index contributed by atoms with van der Waals surface area (Å²) < 4.78 is 6.08. The average Bonchev–Trinajstić information content (AvgIpc) is 2.54. The van der Waals surface area contributed by atoms with Crippen LogP contribution in [-0.4, -0.2) is 13.0 Å². The second-order valence-corrected chi connectivity index (χ2v) is 5.79. The highest BCUT2D eigenvalue weighted by molar-refractivity contribution is 9.10. The Labute approximate surface area is 143 Å². The average molecular weight is 371 g/mol. The number of carbonyl (C=O) groups is 1. The van der Waals surface area contributed by atoms with Crippen LogP contribution in [0.4, 0.5) is 5.69 Å². The van der Waals surface area contributed by atoms with Crippen LogP contribution in [0.3, 0.4) is 0 Å². The summed E-state index contributed by atoms with van der Waals surface area (Å²) in [7, 11) is 1.54. The Morgan fingerprint density at radius 3 is 2.57 bits per heavy atom. The Bertz CT molecular complexity index is 790. The third-order valence-electron chi connectivity index (χ3n) is 3.17.